The second-order valence-corrected chi connectivity index (χ2v) is 5.25. The molecule has 1 amide bonds. The van der Waals surface area contributed by atoms with Gasteiger partial charge in [-0.05, 0) is 48.9 Å². The molecule has 0 saturated carbocycles. The first-order chi connectivity index (χ1) is 10.2. The topological polar surface area (TPSA) is 67.8 Å². The van der Waals surface area contributed by atoms with E-state index < -0.39 is 6.10 Å². The molecule has 0 spiro atoms. The van der Waals surface area contributed by atoms with Gasteiger partial charge in [0.15, 0.2) is 6.61 Å². The van der Waals surface area contributed by atoms with Crippen molar-refractivity contribution in [3.63, 3.8) is 0 Å². The highest BCUT2D eigenvalue weighted by Gasteiger charge is 2.18. The Morgan fingerprint density at radius 3 is 3.14 bits per heavy atom. The number of amides is 1. The molecule has 0 bridgehead atoms. The van der Waals surface area contributed by atoms with Gasteiger partial charge in [-0.3, -0.25) is 4.79 Å². The largest absolute Gasteiger partial charge is 0.484 e. The lowest BCUT2D eigenvalue weighted by molar-refractivity contribution is -0.123. The van der Waals surface area contributed by atoms with Gasteiger partial charge in [0.05, 0.1) is 6.10 Å². The van der Waals surface area contributed by atoms with Gasteiger partial charge in [-0.15, -0.1) is 0 Å². The van der Waals surface area contributed by atoms with Crippen molar-refractivity contribution < 1.29 is 19.4 Å². The molecule has 0 saturated heterocycles. The Morgan fingerprint density at radius 2 is 2.33 bits per heavy atom. The predicted octanol–water partition coefficient (Wildman–Crippen LogP) is 1.59. The van der Waals surface area contributed by atoms with Gasteiger partial charge in [0.2, 0.25) is 0 Å². The summed E-state index contributed by atoms with van der Waals surface area (Å²) in [5.74, 6) is 0.478. The number of methoxy groups -OCH3 is 1. The maximum atomic E-state index is 11.6. The lowest BCUT2D eigenvalue weighted by atomic mass is 9.89. The molecule has 1 aromatic carbocycles. The Labute approximate surface area is 125 Å². The zero-order valence-corrected chi connectivity index (χ0v) is 12.4. The van der Waals surface area contributed by atoms with Crippen molar-refractivity contribution in [3.05, 3.63) is 29.3 Å². The van der Waals surface area contributed by atoms with Crippen molar-refractivity contribution in [1.29, 1.82) is 0 Å². The highest BCUT2D eigenvalue weighted by atomic mass is 16.5. The smallest absolute Gasteiger partial charge is 0.257 e. The molecule has 1 aromatic rings. The van der Waals surface area contributed by atoms with Crippen LogP contribution in [-0.4, -0.2) is 37.9 Å². The number of carbonyl (C=O) groups excluding carboxylic acids is 1. The van der Waals surface area contributed by atoms with Gasteiger partial charge in [-0.25, -0.2) is 0 Å². The second-order valence-electron chi connectivity index (χ2n) is 5.25. The van der Waals surface area contributed by atoms with Crippen molar-refractivity contribution in [2.45, 2.75) is 31.8 Å². The molecule has 1 atom stereocenters. The molecule has 0 aromatic heterocycles. The highest BCUT2D eigenvalue weighted by molar-refractivity contribution is 5.77. The van der Waals surface area contributed by atoms with Crippen LogP contribution in [0, 0.1) is 0 Å². The average Bonchev–Trinajstić information content (AvgIpc) is 2.50. The fourth-order valence-corrected chi connectivity index (χ4v) is 2.49. The SMILES string of the molecule is COCCCNC(=O)COc1ccc2c(c1)[C@@H](O)CCC2. The molecule has 0 heterocycles. The monoisotopic (exact) mass is 293 g/mol. The zero-order chi connectivity index (χ0) is 15.1. The van der Waals surface area contributed by atoms with E-state index in [0.717, 1.165) is 31.2 Å². The van der Waals surface area contributed by atoms with E-state index in [2.05, 4.69) is 5.32 Å². The fourth-order valence-electron chi connectivity index (χ4n) is 2.49. The second kappa shape index (κ2) is 8.00. The van der Waals surface area contributed by atoms with Crippen LogP contribution in [0.15, 0.2) is 18.2 Å². The van der Waals surface area contributed by atoms with Crippen LogP contribution in [0.2, 0.25) is 0 Å². The molecule has 21 heavy (non-hydrogen) atoms. The molecule has 116 valence electrons. The van der Waals surface area contributed by atoms with Gasteiger partial charge >= 0.3 is 0 Å². The Hall–Kier alpha value is -1.59. The molecule has 1 aliphatic carbocycles. The minimum atomic E-state index is -0.417. The number of aliphatic hydroxyl groups is 1. The summed E-state index contributed by atoms with van der Waals surface area (Å²) < 4.78 is 10.4. The number of hydrogen-bond donors (Lipinski definition) is 2. The number of nitrogens with one attached hydrogen (secondary N) is 1. The van der Waals surface area contributed by atoms with Gasteiger partial charge in [0.1, 0.15) is 5.75 Å². The van der Waals surface area contributed by atoms with Crippen molar-refractivity contribution in [2.75, 3.05) is 26.9 Å². The first kappa shape index (κ1) is 15.8. The number of aryl methyl sites for hydroxylation is 1. The molecule has 0 radical (unpaired) electrons. The van der Waals surface area contributed by atoms with Crippen LogP contribution >= 0.6 is 0 Å². The van der Waals surface area contributed by atoms with Crippen molar-refractivity contribution in [3.8, 4) is 5.75 Å². The molecule has 0 unspecified atom stereocenters. The Morgan fingerprint density at radius 1 is 1.48 bits per heavy atom. The van der Waals surface area contributed by atoms with Crippen LogP contribution in [0.4, 0.5) is 0 Å². The predicted molar refractivity (Wildman–Crippen MR) is 79.3 cm³/mol. The lowest BCUT2D eigenvalue weighted by Gasteiger charge is -2.21. The van der Waals surface area contributed by atoms with E-state index in [9.17, 15) is 9.90 Å². The Bertz CT molecular complexity index is 475. The van der Waals surface area contributed by atoms with E-state index in [-0.39, 0.29) is 12.5 Å². The minimum absolute atomic E-state index is 0.0120. The molecule has 0 fully saturated rings. The summed E-state index contributed by atoms with van der Waals surface area (Å²) in [7, 11) is 1.63. The summed E-state index contributed by atoms with van der Waals surface area (Å²) in [4.78, 5) is 11.6. The van der Waals surface area contributed by atoms with E-state index in [1.807, 2.05) is 18.2 Å². The van der Waals surface area contributed by atoms with E-state index >= 15 is 0 Å². The van der Waals surface area contributed by atoms with Gasteiger partial charge < -0.3 is 19.9 Å². The molecule has 5 nitrogen and oxygen atoms in total. The first-order valence-corrected chi connectivity index (χ1v) is 7.40. The molecular weight excluding hydrogens is 270 g/mol. The number of benzene rings is 1. The number of fused-ring (bicyclic) bond motifs is 1. The summed E-state index contributed by atoms with van der Waals surface area (Å²) in [6.45, 7) is 1.20. The van der Waals surface area contributed by atoms with E-state index in [1.165, 1.54) is 5.56 Å². The van der Waals surface area contributed by atoms with E-state index in [0.29, 0.717) is 18.9 Å². The van der Waals surface area contributed by atoms with Gasteiger partial charge in [-0.2, -0.15) is 0 Å². The molecule has 5 heteroatoms. The van der Waals surface area contributed by atoms with Crippen molar-refractivity contribution in [1.82, 2.24) is 5.32 Å². The molecule has 2 N–H and O–H groups in total. The van der Waals surface area contributed by atoms with Gasteiger partial charge in [-0.1, -0.05) is 6.07 Å². The number of ether oxygens (including phenoxy) is 2. The fraction of sp³-hybridized carbons (Fsp3) is 0.562. The van der Waals surface area contributed by atoms with Crippen LogP contribution < -0.4 is 10.1 Å². The van der Waals surface area contributed by atoms with Crippen molar-refractivity contribution >= 4 is 5.91 Å². The summed E-state index contributed by atoms with van der Waals surface area (Å²) in [6.07, 6.45) is 3.16. The number of hydrogen-bond acceptors (Lipinski definition) is 4. The first-order valence-electron chi connectivity index (χ1n) is 7.40. The van der Waals surface area contributed by atoms with Crippen LogP contribution in [0.1, 0.15) is 36.5 Å². The molecular formula is C16H23NO4. The van der Waals surface area contributed by atoms with E-state index in [4.69, 9.17) is 9.47 Å². The highest BCUT2D eigenvalue weighted by Crippen LogP contribution is 2.32. The number of rotatable bonds is 7. The molecule has 2 rings (SSSR count). The van der Waals surface area contributed by atoms with Gasteiger partial charge in [0, 0.05) is 20.3 Å². The third kappa shape index (κ3) is 4.72. The molecule has 1 aliphatic rings. The standard InChI is InChI=1S/C16H23NO4/c1-20-9-3-8-17-16(19)11-21-13-7-6-12-4-2-5-15(18)14(12)10-13/h6-7,10,15,18H,2-5,8-9,11H2,1H3,(H,17,19)/t15-/m0/s1. The maximum absolute atomic E-state index is 11.6. The van der Waals surface area contributed by atoms with Gasteiger partial charge in [0.25, 0.3) is 5.91 Å². The normalized spacial score (nSPS) is 17.1. The quantitative estimate of drug-likeness (QED) is 0.749. The maximum Gasteiger partial charge on any atom is 0.257 e. The third-order valence-corrected chi connectivity index (χ3v) is 3.62. The zero-order valence-electron chi connectivity index (χ0n) is 12.4. The summed E-state index contributed by atoms with van der Waals surface area (Å²) in [5, 5.41) is 12.7. The Kier molecular flexibility index (Phi) is 6.02. The lowest BCUT2D eigenvalue weighted by Crippen LogP contribution is -2.30. The van der Waals surface area contributed by atoms with E-state index in [1.54, 1.807) is 7.11 Å². The van der Waals surface area contributed by atoms with Crippen LogP contribution in [-0.2, 0) is 16.0 Å². The third-order valence-electron chi connectivity index (χ3n) is 3.62. The van der Waals surface area contributed by atoms with Crippen LogP contribution in [0.3, 0.4) is 0 Å². The minimum Gasteiger partial charge on any atom is -0.484 e. The van der Waals surface area contributed by atoms with Crippen LogP contribution in [0.25, 0.3) is 0 Å². The Balaban J connectivity index is 1.81. The number of aliphatic hydroxyl groups excluding tert-OH is 1. The van der Waals surface area contributed by atoms with Crippen LogP contribution in [0.5, 0.6) is 5.75 Å². The summed E-state index contributed by atoms with van der Waals surface area (Å²) in [5.41, 5.74) is 2.10. The molecule has 0 aliphatic heterocycles. The summed E-state index contributed by atoms with van der Waals surface area (Å²) >= 11 is 0. The average molecular weight is 293 g/mol. The van der Waals surface area contributed by atoms with Crippen molar-refractivity contribution in [2.24, 2.45) is 0 Å². The number of carbonyl (C=O) groups is 1. The summed E-state index contributed by atoms with van der Waals surface area (Å²) in [6, 6.07) is 5.68.